The largest absolute Gasteiger partial charge is 0.481 e. The normalized spacial score (nSPS) is 10.6. The Morgan fingerprint density at radius 3 is 3.06 bits per heavy atom. The van der Waals surface area contributed by atoms with Crippen LogP contribution in [0.5, 0.6) is 0 Å². The van der Waals surface area contributed by atoms with Gasteiger partial charge in [-0.3, -0.25) is 4.79 Å². The smallest absolute Gasteiger partial charge is 0.303 e. The SMILES string of the molecule is Cc1cc(-c2nnnn2CCCC(=O)O)co1. The van der Waals surface area contributed by atoms with Gasteiger partial charge in [0.1, 0.15) is 12.0 Å². The highest BCUT2D eigenvalue weighted by Crippen LogP contribution is 2.18. The summed E-state index contributed by atoms with van der Waals surface area (Å²) in [6.07, 6.45) is 2.17. The van der Waals surface area contributed by atoms with Crippen LogP contribution in [0.3, 0.4) is 0 Å². The number of carboxylic acids is 1. The van der Waals surface area contributed by atoms with Gasteiger partial charge in [-0.1, -0.05) is 0 Å². The standard InChI is InChI=1S/C10H12N4O3/c1-7-5-8(6-17-7)10-11-12-13-14(10)4-2-3-9(15)16/h5-6H,2-4H2,1H3,(H,15,16). The predicted molar refractivity (Wildman–Crippen MR) is 57.1 cm³/mol. The molecular formula is C10H12N4O3. The van der Waals surface area contributed by atoms with Crippen molar-refractivity contribution in [1.29, 1.82) is 0 Å². The van der Waals surface area contributed by atoms with Gasteiger partial charge in [-0.25, -0.2) is 4.68 Å². The lowest BCUT2D eigenvalue weighted by atomic mass is 10.3. The van der Waals surface area contributed by atoms with Crippen molar-refractivity contribution >= 4 is 5.97 Å². The van der Waals surface area contributed by atoms with Gasteiger partial charge in [-0.15, -0.1) is 5.10 Å². The number of aromatic nitrogens is 4. The number of carboxylic acid groups (broad SMARTS) is 1. The Kier molecular flexibility index (Phi) is 3.17. The molecule has 0 aliphatic heterocycles. The van der Waals surface area contributed by atoms with Crippen LogP contribution >= 0.6 is 0 Å². The van der Waals surface area contributed by atoms with Crippen molar-refractivity contribution in [2.75, 3.05) is 0 Å². The van der Waals surface area contributed by atoms with Gasteiger partial charge in [0.15, 0.2) is 5.82 Å². The van der Waals surface area contributed by atoms with Crippen molar-refractivity contribution in [3.63, 3.8) is 0 Å². The zero-order chi connectivity index (χ0) is 12.3. The Hall–Kier alpha value is -2.18. The molecular weight excluding hydrogens is 224 g/mol. The van der Waals surface area contributed by atoms with Gasteiger partial charge >= 0.3 is 5.97 Å². The lowest BCUT2D eigenvalue weighted by Gasteiger charge is -2.00. The highest BCUT2D eigenvalue weighted by atomic mass is 16.4. The van der Waals surface area contributed by atoms with E-state index in [4.69, 9.17) is 9.52 Å². The summed E-state index contributed by atoms with van der Waals surface area (Å²) in [6, 6.07) is 1.83. The van der Waals surface area contributed by atoms with E-state index >= 15 is 0 Å². The van der Waals surface area contributed by atoms with Crippen LogP contribution in [0, 0.1) is 6.92 Å². The number of aliphatic carboxylic acids is 1. The molecule has 1 N–H and O–H groups in total. The van der Waals surface area contributed by atoms with Gasteiger partial charge < -0.3 is 9.52 Å². The molecule has 0 saturated heterocycles. The van der Waals surface area contributed by atoms with Crippen LogP contribution in [0.2, 0.25) is 0 Å². The van der Waals surface area contributed by atoms with Crippen molar-refractivity contribution in [1.82, 2.24) is 20.2 Å². The highest BCUT2D eigenvalue weighted by Gasteiger charge is 2.11. The number of furan rings is 1. The maximum absolute atomic E-state index is 10.4. The molecule has 0 unspecified atom stereocenters. The second-order valence-electron chi connectivity index (χ2n) is 3.67. The van der Waals surface area contributed by atoms with E-state index in [-0.39, 0.29) is 6.42 Å². The first kappa shape index (κ1) is 11.3. The van der Waals surface area contributed by atoms with Crippen molar-refractivity contribution in [2.45, 2.75) is 26.3 Å². The lowest BCUT2D eigenvalue weighted by Crippen LogP contribution is -2.05. The Morgan fingerprint density at radius 2 is 2.41 bits per heavy atom. The molecule has 0 aromatic carbocycles. The molecule has 90 valence electrons. The summed E-state index contributed by atoms with van der Waals surface area (Å²) in [7, 11) is 0. The minimum absolute atomic E-state index is 0.101. The summed E-state index contributed by atoms with van der Waals surface area (Å²) in [5.41, 5.74) is 0.794. The van der Waals surface area contributed by atoms with Crippen LogP contribution in [0.1, 0.15) is 18.6 Å². The van der Waals surface area contributed by atoms with Gasteiger partial charge in [0, 0.05) is 13.0 Å². The maximum Gasteiger partial charge on any atom is 0.303 e. The average molecular weight is 236 g/mol. The topological polar surface area (TPSA) is 94.0 Å². The first-order chi connectivity index (χ1) is 8.16. The Bertz CT molecular complexity index is 517. The van der Waals surface area contributed by atoms with Crippen molar-refractivity contribution in [3.05, 3.63) is 18.1 Å². The van der Waals surface area contributed by atoms with E-state index in [0.29, 0.717) is 18.8 Å². The van der Waals surface area contributed by atoms with E-state index < -0.39 is 5.97 Å². The molecule has 0 aliphatic carbocycles. The fourth-order valence-corrected chi connectivity index (χ4v) is 1.50. The first-order valence-electron chi connectivity index (χ1n) is 5.20. The summed E-state index contributed by atoms with van der Waals surface area (Å²) in [6.45, 7) is 2.31. The number of aryl methyl sites for hydroxylation is 2. The molecule has 7 heteroatoms. The van der Waals surface area contributed by atoms with Crippen LogP contribution in [0.25, 0.3) is 11.4 Å². The summed E-state index contributed by atoms with van der Waals surface area (Å²) < 4.78 is 6.76. The fraction of sp³-hybridized carbons (Fsp3) is 0.400. The van der Waals surface area contributed by atoms with E-state index in [1.165, 1.54) is 0 Å². The molecule has 2 aromatic heterocycles. The Labute approximate surface area is 97.0 Å². The van der Waals surface area contributed by atoms with Gasteiger partial charge in [0.05, 0.1) is 5.56 Å². The summed E-state index contributed by atoms with van der Waals surface area (Å²) in [4.78, 5) is 10.4. The van der Waals surface area contributed by atoms with E-state index in [1.54, 1.807) is 10.9 Å². The minimum atomic E-state index is -0.821. The molecule has 0 bridgehead atoms. The van der Waals surface area contributed by atoms with E-state index in [0.717, 1.165) is 11.3 Å². The third kappa shape index (κ3) is 2.68. The zero-order valence-corrected chi connectivity index (χ0v) is 9.33. The number of hydrogen-bond donors (Lipinski definition) is 1. The van der Waals surface area contributed by atoms with Gasteiger partial charge in [0.25, 0.3) is 0 Å². The van der Waals surface area contributed by atoms with E-state index in [2.05, 4.69) is 15.5 Å². The van der Waals surface area contributed by atoms with Crippen molar-refractivity contribution in [2.24, 2.45) is 0 Å². The third-order valence-electron chi connectivity index (χ3n) is 2.28. The first-order valence-corrected chi connectivity index (χ1v) is 5.20. The highest BCUT2D eigenvalue weighted by molar-refractivity contribution is 5.66. The number of tetrazole rings is 1. The molecule has 0 saturated carbocycles. The number of hydrogen-bond acceptors (Lipinski definition) is 5. The molecule has 17 heavy (non-hydrogen) atoms. The van der Waals surface area contributed by atoms with Gasteiger partial charge in [0.2, 0.25) is 0 Å². The van der Waals surface area contributed by atoms with Crippen LogP contribution in [-0.2, 0) is 11.3 Å². The monoisotopic (exact) mass is 236 g/mol. The lowest BCUT2D eigenvalue weighted by molar-refractivity contribution is -0.137. The van der Waals surface area contributed by atoms with Crippen LogP contribution in [0.15, 0.2) is 16.7 Å². The van der Waals surface area contributed by atoms with Gasteiger partial charge in [-0.05, 0) is 29.8 Å². The number of carbonyl (C=O) groups is 1. The third-order valence-corrected chi connectivity index (χ3v) is 2.28. The molecule has 0 radical (unpaired) electrons. The van der Waals surface area contributed by atoms with Gasteiger partial charge in [-0.2, -0.15) is 0 Å². The van der Waals surface area contributed by atoms with Crippen LogP contribution in [0.4, 0.5) is 0 Å². The second-order valence-corrected chi connectivity index (χ2v) is 3.67. The van der Waals surface area contributed by atoms with Crippen LogP contribution in [-0.4, -0.2) is 31.3 Å². The predicted octanol–water partition coefficient (Wildman–Crippen LogP) is 1.11. The minimum Gasteiger partial charge on any atom is -0.481 e. The summed E-state index contributed by atoms with van der Waals surface area (Å²) in [5.74, 6) is 0.547. The summed E-state index contributed by atoms with van der Waals surface area (Å²) >= 11 is 0. The molecule has 2 aromatic rings. The molecule has 0 amide bonds. The number of nitrogens with zero attached hydrogens (tertiary/aromatic N) is 4. The zero-order valence-electron chi connectivity index (χ0n) is 9.33. The second kappa shape index (κ2) is 4.77. The molecule has 0 spiro atoms. The average Bonchev–Trinajstić information content (AvgIpc) is 2.86. The molecule has 7 nitrogen and oxygen atoms in total. The summed E-state index contributed by atoms with van der Waals surface area (Å²) in [5, 5.41) is 19.8. The van der Waals surface area contributed by atoms with Crippen molar-refractivity contribution < 1.29 is 14.3 Å². The molecule has 0 fully saturated rings. The van der Waals surface area contributed by atoms with E-state index in [1.807, 2.05) is 13.0 Å². The number of rotatable bonds is 5. The molecule has 2 rings (SSSR count). The van der Waals surface area contributed by atoms with Crippen LogP contribution < -0.4 is 0 Å². The van der Waals surface area contributed by atoms with Crippen molar-refractivity contribution in [3.8, 4) is 11.4 Å². The van der Waals surface area contributed by atoms with E-state index in [9.17, 15) is 4.79 Å². The molecule has 2 heterocycles. The maximum atomic E-state index is 10.4. The fourth-order valence-electron chi connectivity index (χ4n) is 1.50. The Morgan fingerprint density at radius 1 is 1.59 bits per heavy atom. The molecule has 0 atom stereocenters. The molecule has 0 aliphatic rings. The Balaban J connectivity index is 2.09. The quantitative estimate of drug-likeness (QED) is 0.835.